The van der Waals surface area contributed by atoms with Crippen LogP contribution in [0.3, 0.4) is 0 Å². The van der Waals surface area contributed by atoms with Crippen LogP contribution in [-0.4, -0.2) is 18.5 Å². The van der Waals surface area contributed by atoms with Crippen LogP contribution in [0, 0.1) is 5.41 Å². The number of benzene rings is 1. The number of hydrogen-bond donors (Lipinski definition) is 1. The maximum Gasteiger partial charge on any atom is 0.407 e. The maximum atomic E-state index is 11.4. The van der Waals surface area contributed by atoms with Crippen LogP contribution in [0.25, 0.3) is 0 Å². The van der Waals surface area contributed by atoms with Crippen molar-refractivity contribution in [2.24, 2.45) is 5.41 Å². The summed E-state index contributed by atoms with van der Waals surface area (Å²) in [5.41, 5.74) is 1.05. The van der Waals surface area contributed by atoms with Crippen LogP contribution >= 0.6 is 24.2 Å². The van der Waals surface area contributed by atoms with Gasteiger partial charge in [0.15, 0.2) is 0 Å². The SMILES string of the molecule is CCSc1ccc([C@H]2NC(=O)OCC2(C)C)cc1.Cl. The molecule has 1 saturated heterocycles. The molecule has 1 aliphatic heterocycles. The fourth-order valence-electron chi connectivity index (χ4n) is 2.15. The summed E-state index contributed by atoms with van der Waals surface area (Å²) in [6, 6.07) is 8.42. The van der Waals surface area contributed by atoms with Crippen molar-refractivity contribution < 1.29 is 9.53 Å². The van der Waals surface area contributed by atoms with Gasteiger partial charge in [-0.2, -0.15) is 0 Å². The fourth-order valence-corrected chi connectivity index (χ4v) is 2.81. The molecule has 1 N–H and O–H groups in total. The summed E-state index contributed by atoms with van der Waals surface area (Å²) in [5.74, 6) is 1.07. The molecule has 5 heteroatoms. The van der Waals surface area contributed by atoms with E-state index in [-0.39, 0.29) is 30.0 Å². The molecule has 0 bridgehead atoms. The van der Waals surface area contributed by atoms with E-state index in [2.05, 4.69) is 50.4 Å². The molecule has 0 aromatic heterocycles. The summed E-state index contributed by atoms with van der Waals surface area (Å²) < 4.78 is 5.05. The normalized spacial score (nSPS) is 21.0. The van der Waals surface area contributed by atoms with E-state index in [1.165, 1.54) is 4.90 Å². The Morgan fingerprint density at radius 2 is 2.00 bits per heavy atom. The van der Waals surface area contributed by atoms with E-state index in [0.717, 1.165) is 11.3 Å². The first-order valence-electron chi connectivity index (χ1n) is 6.19. The minimum Gasteiger partial charge on any atom is -0.449 e. The number of carbonyl (C=O) groups excluding carboxylic acids is 1. The summed E-state index contributed by atoms with van der Waals surface area (Å²) in [7, 11) is 0. The van der Waals surface area contributed by atoms with Crippen molar-refractivity contribution in [1.82, 2.24) is 5.32 Å². The van der Waals surface area contributed by atoms with E-state index in [4.69, 9.17) is 4.74 Å². The number of ether oxygens (including phenoxy) is 1. The first-order valence-corrected chi connectivity index (χ1v) is 7.17. The Labute approximate surface area is 124 Å². The Bertz CT molecular complexity index is 434. The van der Waals surface area contributed by atoms with Crippen LogP contribution < -0.4 is 5.32 Å². The monoisotopic (exact) mass is 301 g/mol. The summed E-state index contributed by atoms with van der Waals surface area (Å²) in [5, 5.41) is 2.91. The number of amides is 1. The van der Waals surface area contributed by atoms with E-state index in [1.54, 1.807) is 0 Å². The molecule has 106 valence electrons. The molecule has 0 unspecified atom stereocenters. The lowest BCUT2D eigenvalue weighted by atomic mass is 9.80. The third kappa shape index (κ3) is 3.80. The smallest absolute Gasteiger partial charge is 0.407 e. The molecule has 1 aliphatic rings. The molecule has 1 aromatic carbocycles. The molecule has 0 saturated carbocycles. The van der Waals surface area contributed by atoms with Crippen molar-refractivity contribution in [3.05, 3.63) is 29.8 Å². The second-order valence-electron chi connectivity index (χ2n) is 5.14. The van der Waals surface area contributed by atoms with Gasteiger partial charge < -0.3 is 10.1 Å². The number of cyclic esters (lactones) is 1. The number of halogens is 1. The molecule has 3 nitrogen and oxygen atoms in total. The number of nitrogens with one attached hydrogen (secondary N) is 1. The highest BCUT2D eigenvalue weighted by Gasteiger charge is 2.37. The summed E-state index contributed by atoms with van der Waals surface area (Å²) >= 11 is 1.82. The number of thioether (sulfide) groups is 1. The molecule has 0 aliphatic carbocycles. The maximum absolute atomic E-state index is 11.4. The Morgan fingerprint density at radius 1 is 1.37 bits per heavy atom. The van der Waals surface area contributed by atoms with Crippen molar-refractivity contribution >= 4 is 30.3 Å². The Morgan fingerprint density at radius 3 is 2.58 bits per heavy atom. The van der Waals surface area contributed by atoms with Gasteiger partial charge in [-0.15, -0.1) is 24.2 Å². The van der Waals surface area contributed by atoms with Gasteiger partial charge in [0.2, 0.25) is 0 Å². The Balaban J connectivity index is 0.00000180. The van der Waals surface area contributed by atoms with Gasteiger partial charge in [-0.1, -0.05) is 32.9 Å². The quantitative estimate of drug-likeness (QED) is 0.857. The first kappa shape index (κ1) is 16.2. The number of hydrogen-bond acceptors (Lipinski definition) is 3. The largest absolute Gasteiger partial charge is 0.449 e. The number of alkyl carbamates (subject to hydrolysis) is 1. The number of rotatable bonds is 3. The lowest BCUT2D eigenvalue weighted by molar-refractivity contribution is 0.0387. The van der Waals surface area contributed by atoms with E-state index >= 15 is 0 Å². The topological polar surface area (TPSA) is 38.3 Å². The lowest BCUT2D eigenvalue weighted by Gasteiger charge is -2.38. The standard InChI is InChI=1S/C14H19NO2S.ClH/c1-4-18-11-7-5-10(6-8-11)12-14(2,3)9-17-13(16)15-12;/h5-8,12H,4,9H2,1-3H3,(H,15,16);1H/t12-;/m1./s1. The molecule has 1 atom stereocenters. The summed E-state index contributed by atoms with van der Waals surface area (Å²) in [6.45, 7) is 6.80. The van der Waals surface area contributed by atoms with Crippen LogP contribution in [0.4, 0.5) is 4.79 Å². The zero-order valence-corrected chi connectivity index (χ0v) is 13.1. The van der Waals surface area contributed by atoms with Crippen LogP contribution in [-0.2, 0) is 4.74 Å². The zero-order chi connectivity index (χ0) is 13.2. The van der Waals surface area contributed by atoms with E-state index in [0.29, 0.717) is 6.61 Å². The van der Waals surface area contributed by atoms with E-state index < -0.39 is 0 Å². The third-order valence-electron chi connectivity index (χ3n) is 3.14. The molecule has 0 radical (unpaired) electrons. The molecular weight excluding hydrogens is 282 g/mol. The Hall–Kier alpha value is -0.870. The minimum absolute atomic E-state index is 0. The van der Waals surface area contributed by atoms with Crippen LogP contribution in [0.5, 0.6) is 0 Å². The predicted molar refractivity (Wildman–Crippen MR) is 81.1 cm³/mol. The summed E-state index contributed by atoms with van der Waals surface area (Å²) in [6.07, 6.45) is -0.327. The van der Waals surface area contributed by atoms with Gasteiger partial charge in [0, 0.05) is 10.3 Å². The van der Waals surface area contributed by atoms with Crippen LogP contribution in [0.15, 0.2) is 29.2 Å². The van der Waals surface area contributed by atoms with Crippen LogP contribution in [0.1, 0.15) is 32.4 Å². The van der Waals surface area contributed by atoms with E-state index in [9.17, 15) is 4.79 Å². The second kappa shape index (κ2) is 6.53. The van der Waals surface area contributed by atoms with Gasteiger partial charge in [-0.05, 0) is 23.4 Å². The van der Waals surface area contributed by atoms with Gasteiger partial charge in [0.05, 0.1) is 6.04 Å². The highest BCUT2D eigenvalue weighted by molar-refractivity contribution is 7.99. The fraction of sp³-hybridized carbons (Fsp3) is 0.500. The predicted octanol–water partition coefficient (Wildman–Crippen LogP) is 4.03. The number of carbonyl (C=O) groups is 1. The molecule has 1 aromatic rings. The average molecular weight is 302 g/mol. The highest BCUT2D eigenvalue weighted by Crippen LogP contribution is 2.36. The van der Waals surface area contributed by atoms with Crippen molar-refractivity contribution in [2.75, 3.05) is 12.4 Å². The van der Waals surface area contributed by atoms with Gasteiger partial charge in [-0.25, -0.2) is 4.79 Å². The molecular formula is C14H20ClNO2S. The van der Waals surface area contributed by atoms with Crippen molar-refractivity contribution in [3.63, 3.8) is 0 Å². The average Bonchev–Trinajstić information content (AvgIpc) is 2.34. The van der Waals surface area contributed by atoms with Crippen LogP contribution in [0.2, 0.25) is 0 Å². The molecule has 1 heterocycles. The lowest BCUT2D eigenvalue weighted by Crippen LogP contribution is -2.46. The van der Waals surface area contributed by atoms with Gasteiger partial charge >= 0.3 is 6.09 Å². The molecule has 0 spiro atoms. The van der Waals surface area contributed by atoms with Crippen molar-refractivity contribution in [2.45, 2.75) is 31.7 Å². The second-order valence-corrected chi connectivity index (χ2v) is 6.48. The molecule has 19 heavy (non-hydrogen) atoms. The molecule has 1 amide bonds. The van der Waals surface area contributed by atoms with Crippen molar-refractivity contribution in [3.8, 4) is 0 Å². The third-order valence-corrected chi connectivity index (χ3v) is 4.04. The summed E-state index contributed by atoms with van der Waals surface area (Å²) in [4.78, 5) is 12.6. The van der Waals surface area contributed by atoms with Gasteiger partial charge in [-0.3, -0.25) is 0 Å². The first-order chi connectivity index (χ1) is 8.53. The molecule has 2 rings (SSSR count). The zero-order valence-electron chi connectivity index (χ0n) is 11.4. The highest BCUT2D eigenvalue weighted by atomic mass is 35.5. The van der Waals surface area contributed by atoms with E-state index in [1.807, 2.05) is 11.8 Å². The van der Waals surface area contributed by atoms with Crippen molar-refractivity contribution in [1.29, 1.82) is 0 Å². The Kier molecular flexibility index (Phi) is 5.56. The minimum atomic E-state index is -0.327. The van der Waals surface area contributed by atoms with Gasteiger partial charge in [0.1, 0.15) is 6.61 Å². The van der Waals surface area contributed by atoms with Gasteiger partial charge in [0.25, 0.3) is 0 Å². The molecule has 1 fully saturated rings.